The number of hydrazone groups is 1. The molecule has 3 aromatic rings. The molecule has 0 fully saturated rings. The van der Waals surface area contributed by atoms with E-state index in [-0.39, 0.29) is 11.9 Å². The normalized spacial score (nSPS) is 10.9. The average molecular weight is 501 g/mol. The average Bonchev–Trinajstić information content (AvgIpc) is 3.23. The summed E-state index contributed by atoms with van der Waals surface area (Å²) in [7, 11) is 0. The van der Waals surface area contributed by atoms with Crippen molar-refractivity contribution in [2.24, 2.45) is 5.10 Å². The van der Waals surface area contributed by atoms with Crippen LogP contribution in [0.25, 0.3) is 11.3 Å². The highest BCUT2D eigenvalue weighted by atomic mass is 79.9. The fourth-order valence-corrected chi connectivity index (χ4v) is 3.86. The minimum Gasteiger partial charge on any atom is -0.462 e. The zero-order valence-corrected chi connectivity index (χ0v) is 19.2. The molecule has 0 saturated heterocycles. The van der Waals surface area contributed by atoms with E-state index in [0.717, 1.165) is 21.4 Å². The minimum atomic E-state index is -0.355. The van der Waals surface area contributed by atoms with Gasteiger partial charge in [-0.1, -0.05) is 40.2 Å². The summed E-state index contributed by atoms with van der Waals surface area (Å²) in [6.07, 6.45) is 1.45. The fourth-order valence-electron chi connectivity index (χ4n) is 2.65. The highest BCUT2D eigenvalue weighted by Crippen LogP contribution is 2.22. The molecule has 160 valence electrons. The maximum absolute atomic E-state index is 11.9. The Morgan fingerprint density at radius 2 is 1.97 bits per heavy atom. The number of benzene rings is 2. The van der Waals surface area contributed by atoms with E-state index in [1.807, 2.05) is 24.3 Å². The molecule has 0 aliphatic heterocycles. The van der Waals surface area contributed by atoms with Crippen LogP contribution < -0.4 is 5.43 Å². The fraction of sp³-hybridized carbons (Fsp3) is 0.174. The second-order valence-corrected chi connectivity index (χ2v) is 8.32. The predicted octanol–water partition coefficient (Wildman–Crippen LogP) is 5.27. The first-order valence-electron chi connectivity index (χ1n) is 9.56. The van der Waals surface area contributed by atoms with Crippen LogP contribution in [0.15, 0.2) is 74.7 Å². The lowest BCUT2D eigenvalue weighted by molar-refractivity contribution is -0.118. The van der Waals surface area contributed by atoms with Crippen molar-refractivity contribution in [1.29, 1.82) is 0 Å². The summed E-state index contributed by atoms with van der Waals surface area (Å²) >= 11 is 4.95. The largest absolute Gasteiger partial charge is 0.462 e. The van der Waals surface area contributed by atoms with Crippen LogP contribution in [0.3, 0.4) is 0 Å². The van der Waals surface area contributed by atoms with Gasteiger partial charge in [-0.25, -0.2) is 10.2 Å². The molecule has 1 N–H and O–H groups in total. The van der Waals surface area contributed by atoms with Crippen molar-refractivity contribution in [3.05, 3.63) is 82.0 Å². The Morgan fingerprint density at radius 3 is 2.71 bits per heavy atom. The number of ether oxygens (including phenoxy) is 1. The first-order valence-corrected chi connectivity index (χ1v) is 11.5. The van der Waals surface area contributed by atoms with Crippen LogP contribution in [0.4, 0.5) is 0 Å². The van der Waals surface area contributed by atoms with Crippen molar-refractivity contribution >= 4 is 45.8 Å². The molecule has 1 aromatic heterocycles. The number of furan rings is 1. The Bertz CT molecular complexity index is 1060. The Labute approximate surface area is 193 Å². The summed E-state index contributed by atoms with van der Waals surface area (Å²) in [5.74, 6) is 1.65. The zero-order valence-electron chi connectivity index (χ0n) is 16.8. The highest BCUT2D eigenvalue weighted by molar-refractivity contribution is 9.10. The maximum Gasteiger partial charge on any atom is 0.338 e. The lowest BCUT2D eigenvalue weighted by atomic mass is 10.1. The number of halogens is 1. The van der Waals surface area contributed by atoms with Gasteiger partial charge >= 0.3 is 5.97 Å². The lowest BCUT2D eigenvalue weighted by Gasteiger charge is -2.02. The monoisotopic (exact) mass is 500 g/mol. The molecule has 0 spiro atoms. The molecule has 0 bridgehead atoms. The van der Waals surface area contributed by atoms with Gasteiger partial charge in [0.25, 0.3) is 0 Å². The van der Waals surface area contributed by atoms with Gasteiger partial charge in [-0.2, -0.15) is 5.10 Å². The van der Waals surface area contributed by atoms with Gasteiger partial charge in [0.15, 0.2) is 0 Å². The van der Waals surface area contributed by atoms with Gasteiger partial charge in [-0.3, -0.25) is 4.79 Å². The van der Waals surface area contributed by atoms with E-state index in [2.05, 4.69) is 26.5 Å². The number of thioether (sulfide) groups is 1. The molecule has 3 rings (SSSR count). The van der Waals surface area contributed by atoms with E-state index in [9.17, 15) is 9.59 Å². The van der Waals surface area contributed by atoms with Gasteiger partial charge in [0, 0.05) is 15.8 Å². The minimum absolute atomic E-state index is 0.183. The second kappa shape index (κ2) is 11.5. The molecular formula is C23H21BrN2O4S. The number of carbonyl (C=O) groups is 2. The van der Waals surface area contributed by atoms with Crippen LogP contribution >= 0.6 is 27.7 Å². The van der Waals surface area contributed by atoms with Gasteiger partial charge in [0.05, 0.1) is 24.1 Å². The number of nitrogens with zero attached hydrogens (tertiary/aromatic N) is 1. The first-order chi connectivity index (χ1) is 15.0. The topological polar surface area (TPSA) is 80.9 Å². The second-order valence-electron chi connectivity index (χ2n) is 6.42. The van der Waals surface area contributed by atoms with E-state index in [1.54, 1.807) is 43.3 Å². The molecule has 0 unspecified atom stereocenters. The lowest BCUT2D eigenvalue weighted by Crippen LogP contribution is -2.19. The van der Waals surface area contributed by atoms with Gasteiger partial charge in [0.1, 0.15) is 11.5 Å². The number of amides is 1. The maximum atomic E-state index is 11.9. The molecule has 31 heavy (non-hydrogen) atoms. The molecular weight excluding hydrogens is 480 g/mol. The predicted molar refractivity (Wildman–Crippen MR) is 126 cm³/mol. The number of nitrogens with one attached hydrogen (secondary N) is 1. The Morgan fingerprint density at radius 1 is 1.16 bits per heavy atom. The summed E-state index contributed by atoms with van der Waals surface area (Å²) in [6, 6.07) is 18.5. The van der Waals surface area contributed by atoms with Crippen molar-refractivity contribution in [1.82, 2.24) is 5.43 Å². The Kier molecular flexibility index (Phi) is 8.49. The summed E-state index contributed by atoms with van der Waals surface area (Å²) in [5, 5.41) is 3.95. The van der Waals surface area contributed by atoms with Crippen LogP contribution in [-0.2, 0) is 15.3 Å². The highest BCUT2D eigenvalue weighted by Gasteiger charge is 2.08. The molecule has 1 heterocycles. The van der Waals surface area contributed by atoms with E-state index >= 15 is 0 Å². The number of carbonyl (C=O) groups excluding carboxylic acids is 2. The quantitative estimate of drug-likeness (QED) is 0.246. The number of esters is 1. The van der Waals surface area contributed by atoms with Crippen LogP contribution in [0.2, 0.25) is 0 Å². The SMILES string of the molecule is CCOC(=O)c1ccc(-c2ccc(C=NNC(=O)CSCc3cccc(Br)c3)o2)cc1. The van der Waals surface area contributed by atoms with E-state index in [4.69, 9.17) is 9.15 Å². The van der Waals surface area contributed by atoms with Crippen molar-refractivity contribution < 1.29 is 18.7 Å². The molecule has 0 aliphatic carbocycles. The van der Waals surface area contributed by atoms with Gasteiger partial charge in [-0.15, -0.1) is 11.8 Å². The van der Waals surface area contributed by atoms with Crippen LogP contribution in [0, 0.1) is 0 Å². The van der Waals surface area contributed by atoms with Gasteiger partial charge < -0.3 is 9.15 Å². The van der Waals surface area contributed by atoms with Crippen LogP contribution in [0.5, 0.6) is 0 Å². The summed E-state index contributed by atoms with van der Waals surface area (Å²) < 4.78 is 11.7. The zero-order chi connectivity index (χ0) is 22.1. The molecule has 0 radical (unpaired) electrons. The van der Waals surface area contributed by atoms with Gasteiger partial charge in [0.2, 0.25) is 5.91 Å². The van der Waals surface area contributed by atoms with E-state index < -0.39 is 0 Å². The Balaban J connectivity index is 1.46. The smallest absolute Gasteiger partial charge is 0.338 e. The molecule has 2 aromatic carbocycles. The molecule has 6 nitrogen and oxygen atoms in total. The van der Waals surface area contributed by atoms with Crippen molar-refractivity contribution in [2.45, 2.75) is 12.7 Å². The number of rotatable bonds is 9. The molecule has 8 heteroatoms. The summed E-state index contributed by atoms with van der Waals surface area (Å²) in [6.45, 7) is 2.10. The van der Waals surface area contributed by atoms with Crippen LogP contribution in [0.1, 0.15) is 28.6 Å². The van der Waals surface area contributed by atoms with Crippen molar-refractivity contribution in [3.8, 4) is 11.3 Å². The summed E-state index contributed by atoms with van der Waals surface area (Å²) in [4.78, 5) is 23.6. The van der Waals surface area contributed by atoms with Crippen molar-refractivity contribution in [3.63, 3.8) is 0 Å². The third-order valence-corrected chi connectivity index (χ3v) is 5.58. The standard InChI is InChI=1S/C23H21BrN2O4S/c1-2-29-23(28)18-8-6-17(7-9-18)21-11-10-20(30-21)13-25-26-22(27)15-31-14-16-4-3-5-19(24)12-16/h3-13H,2,14-15H2,1H3,(H,26,27). The third-order valence-electron chi connectivity index (χ3n) is 4.08. The van der Waals surface area contributed by atoms with E-state index in [1.165, 1.54) is 18.0 Å². The van der Waals surface area contributed by atoms with Crippen LogP contribution in [-0.4, -0.2) is 30.5 Å². The molecule has 0 atom stereocenters. The van der Waals surface area contributed by atoms with Gasteiger partial charge in [-0.05, 0) is 48.9 Å². The number of hydrogen-bond donors (Lipinski definition) is 1. The van der Waals surface area contributed by atoms with Crippen molar-refractivity contribution in [2.75, 3.05) is 12.4 Å². The molecule has 0 saturated carbocycles. The first kappa shape index (κ1) is 22.8. The Hall–Kier alpha value is -2.84. The third kappa shape index (κ3) is 7.11. The summed E-state index contributed by atoms with van der Waals surface area (Å²) in [5.41, 5.74) is 4.95. The van der Waals surface area contributed by atoms with E-state index in [0.29, 0.717) is 29.4 Å². The molecule has 1 amide bonds. The number of hydrogen-bond acceptors (Lipinski definition) is 6. The molecule has 0 aliphatic rings.